The summed E-state index contributed by atoms with van der Waals surface area (Å²) >= 11 is 3.45. The van der Waals surface area contributed by atoms with E-state index in [9.17, 15) is 0 Å². The number of halogens is 1. The molecule has 0 atom stereocenters. The van der Waals surface area contributed by atoms with Crippen molar-refractivity contribution >= 4 is 15.9 Å². The van der Waals surface area contributed by atoms with Crippen molar-refractivity contribution < 1.29 is 4.74 Å². The fourth-order valence-electron chi connectivity index (χ4n) is 2.60. The lowest BCUT2D eigenvalue weighted by Crippen LogP contribution is -2.18. The minimum Gasteiger partial charge on any atom is -0.381 e. The number of aromatic nitrogens is 4. The second kappa shape index (κ2) is 5.69. The van der Waals surface area contributed by atoms with Gasteiger partial charge in [0.15, 0.2) is 0 Å². The van der Waals surface area contributed by atoms with E-state index in [0.717, 1.165) is 42.0 Å². The molecule has 1 saturated heterocycles. The summed E-state index contributed by atoms with van der Waals surface area (Å²) < 4.78 is 10.5. The van der Waals surface area contributed by atoms with E-state index in [4.69, 9.17) is 4.74 Å². The average Bonchev–Trinajstić information content (AvgIpc) is 3.06. The van der Waals surface area contributed by atoms with Crippen LogP contribution in [-0.4, -0.2) is 32.5 Å². The molecule has 2 aromatic heterocycles. The summed E-state index contributed by atoms with van der Waals surface area (Å²) in [4.78, 5) is 4.56. The Morgan fingerprint density at radius 3 is 2.80 bits per heavy atom. The summed E-state index contributed by atoms with van der Waals surface area (Å²) in [7, 11) is 0. The third-order valence-electron chi connectivity index (χ3n) is 3.67. The van der Waals surface area contributed by atoms with Crippen molar-refractivity contribution in [2.24, 2.45) is 0 Å². The molecule has 3 heterocycles. The number of nitrogens with zero attached hydrogens (tertiary/aromatic N) is 4. The second-order valence-corrected chi connectivity index (χ2v) is 6.25. The van der Waals surface area contributed by atoms with Crippen LogP contribution in [0.15, 0.2) is 23.2 Å². The minimum absolute atomic E-state index is 0.310. The van der Waals surface area contributed by atoms with E-state index in [1.165, 1.54) is 0 Å². The van der Waals surface area contributed by atoms with Gasteiger partial charge >= 0.3 is 0 Å². The Bertz CT molecular complexity index is 584. The molecule has 1 fully saturated rings. The summed E-state index contributed by atoms with van der Waals surface area (Å²) in [5.74, 6) is 0. The second-order valence-electron chi connectivity index (χ2n) is 5.44. The third-order valence-corrected chi connectivity index (χ3v) is 4.06. The van der Waals surface area contributed by atoms with Gasteiger partial charge in [-0.2, -0.15) is 5.10 Å². The van der Waals surface area contributed by atoms with Crippen LogP contribution < -0.4 is 0 Å². The average molecular weight is 339 g/mol. The highest BCUT2D eigenvalue weighted by Crippen LogP contribution is 2.27. The van der Waals surface area contributed by atoms with Gasteiger partial charge in [0.05, 0.1) is 12.0 Å². The Morgan fingerprint density at radius 1 is 1.35 bits per heavy atom. The summed E-state index contributed by atoms with van der Waals surface area (Å²) in [6, 6.07) is 2.84. The van der Waals surface area contributed by atoms with Gasteiger partial charge in [0.25, 0.3) is 0 Å². The van der Waals surface area contributed by atoms with Crippen molar-refractivity contribution in [2.75, 3.05) is 13.2 Å². The molecule has 0 amide bonds. The lowest BCUT2D eigenvalue weighted by Gasteiger charge is -2.22. The molecule has 0 spiro atoms. The number of ether oxygens (including phenoxy) is 1. The van der Waals surface area contributed by atoms with Crippen LogP contribution in [-0.2, 0) is 4.74 Å². The van der Waals surface area contributed by atoms with Crippen LogP contribution >= 0.6 is 15.9 Å². The normalized spacial score (nSPS) is 17.0. The van der Waals surface area contributed by atoms with Gasteiger partial charge < -0.3 is 9.30 Å². The van der Waals surface area contributed by atoms with Crippen LogP contribution in [0.2, 0.25) is 0 Å². The zero-order chi connectivity index (χ0) is 14.1. The molecule has 20 heavy (non-hydrogen) atoms. The maximum atomic E-state index is 5.41. The van der Waals surface area contributed by atoms with Gasteiger partial charge in [-0.15, -0.1) is 0 Å². The highest BCUT2D eigenvalue weighted by Gasteiger charge is 2.18. The van der Waals surface area contributed by atoms with E-state index >= 15 is 0 Å². The molecule has 0 aliphatic carbocycles. The predicted molar refractivity (Wildman–Crippen MR) is 80.6 cm³/mol. The molecule has 108 valence electrons. The third kappa shape index (κ3) is 2.67. The lowest BCUT2D eigenvalue weighted by atomic mass is 10.1. The molecule has 5 nitrogen and oxygen atoms in total. The van der Waals surface area contributed by atoms with Crippen LogP contribution in [0, 0.1) is 0 Å². The van der Waals surface area contributed by atoms with Gasteiger partial charge in [0.2, 0.25) is 0 Å². The monoisotopic (exact) mass is 338 g/mol. The molecule has 3 rings (SSSR count). The molecule has 1 aliphatic rings. The van der Waals surface area contributed by atoms with Crippen molar-refractivity contribution in [2.45, 2.75) is 38.8 Å². The van der Waals surface area contributed by atoms with Crippen molar-refractivity contribution in [1.29, 1.82) is 0 Å². The van der Waals surface area contributed by atoms with E-state index < -0.39 is 0 Å². The van der Waals surface area contributed by atoms with Gasteiger partial charge in [-0.05, 0) is 42.6 Å². The zero-order valence-corrected chi connectivity index (χ0v) is 13.4. The first kappa shape index (κ1) is 13.8. The molecule has 0 unspecified atom stereocenters. The van der Waals surface area contributed by atoms with E-state index in [0.29, 0.717) is 12.1 Å². The topological polar surface area (TPSA) is 44.9 Å². The van der Waals surface area contributed by atoms with E-state index in [-0.39, 0.29) is 0 Å². The molecule has 0 saturated carbocycles. The summed E-state index contributed by atoms with van der Waals surface area (Å²) in [5, 5.41) is 4.47. The fraction of sp³-hybridized carbons (Fsp3) is 0.571. The van der Waals surface area contributed by atoms with Crippen LogP contribution in [0.3, 0.4) is 0 Å². The molecule has 0 aromatic carbocycles. The molecule has 2 aromatic rings. The molecular formula is C14H19BrN4O. The highest BCUT2D eigenvalue weighted by molar-refractivity contribution is 9.10. The van der Waals surface area contributed by atoms with Gasteiger partial charge in [0.1, 0.15) is 10.3 Å². The standard InChI is InChI=1S/C14H19BrN4O/c1-10(2)19-13(7-14(15)17-19)12-8-18(9-16-12)11-3-5-20-6-4-11/h7-11H,3-6H2,1-2H3. The van der Waals surface area contributed by atoms with Crippen LogP contribution in [0.25, 0.3) is 11.4 Å². The van der Waals surface area contributed by atoms with Crippen LogP contribution in [0.5, 0.6) is 0 Å². The molecule has 6 heteroatoms. The number of imidazole rings is 1. The van der Waals surface area contributed by atoms with E-state index in [1.54, 1.807) is 0 Å². The number of hydrogen-bond donors (Lipinski definition) is 0. The summed E-state index contributed by atoms with van der Waals surface area (Å²) in [6.45, 7) is 5.93. The van der Waals surface area contributed by atoms with Gasteiger partial charge in [-0.3, -0.25) is 4.68 Å². The molecule has 0 bridgehead atoms. The maximum absolute atomic E-state index is 5.41. The predicted octanol–water partition coefficient (Wildman–Crippen LogP) is 3.44. The Hall–Kier alpha value is -1.14. The summed E-state index contributed by atoms with van der Waals surface area (Å²) in [5.41, 5.74) is 2.03. The molecule has 1 aliphatic heterocycles. The first-order chi connectivity index (χ1) is 9.65. The van der Waals surface area contributed by atoms with Crippen LogP contribution in [0.4, 0.5) is 0 Å². The van der Waals surface area contributed by atoms with Crippen molar-refractivity contribution in [1.82, 2.24) is 19.3 Å². The van der Waals surface area contributed by atoms with E-state index in [2.05, 4.69) is 50.6 Å². The largest absolute Gasteiger partial charge is 0.381 e. The van der Waals surface area contributed by atoms with Gasteiger partial charge in [0, 0.05) is 37.6 Å². The smallest absolute Gasteiger partial charge is 0.128 e. The quantitative estimate of drug-likeness (QED) is 0.860. The Labute approximate surface area is 127 Å². The molecule has 0 N–H and O–H groups in total. The molecular weight excluding hydrogens is 320 g/mol. The van der Waals surface area contributed by atoms with Crippen molar-refractivity contribution in [3.05, 3.63) is 23.2 Å². The maximum Gasteiger partial charge on any atom is 0.128 e. The van der Waals surface area contributed by atoms with E-state index in [1.807, 2.05) is 17.1 Å². The first-order valence-corrected chi connectivity index (χ1v) is 7.81. The highest BCUT2D eigenvalue weighted by atomic mass is 79.9. The summed E-state index contributed by atoms with van der Waals surface area (Å²) in [6.07, 6.45) is 6.17. The SMILES string of the molecule is CC(C)n1nc(Br)cc1-c1cn(C2CCOCC2)cn1. The van der Waals surface area contributed by atoms with Gasteiger partial charge in [-0.1, -0.05) is 0 Å². The zero-order valence-electron chi connectivity index (χ0n) is 11.8. The van der Waals surface area contributed by atoms with Crippen molar-refractivity contribution in [3.63, 3.8) is 0 Å². The number of hydrogen-bond acceptors (Lipinski definition) is 3. The Morgan fingerprint density at radius 2 is 2.10 bits per heavy atom. The first-order valence-electron chi connectivity index (χ1n) is 7.02. The van der Waals surface area contributed by atoms with Crippen LogP contribution in [0.1, 0.15) is 38.8 Å². The van der Waals surface area contributed by atoms with Crippen molar-refractivity contribution in [3.8, 4) is 11.4 Å². The fourth-order valence-corrected chi connectivity index (χ4v) is 2.99. The molecule has 0 radical (unpaired) electrons. The Balaban J connectivity index is 1.89. The number of rotatable bonds is 3. The Kier molecular flexibility index (Phi) is 3.94. The van der Waals surface area contributed by atoms with Gasteiger partial charge in [-0.25, -0.2) is 4.98 Å². The lowest BCUT2D eigenvalue weighted by molar-refractivity contribution is 0.0696. The minimum atomic E-state index is 0.310.